The molecule has 0 saturated carbocycles. The van der Waals surface area contributed by atoms with Crippen LogP contribution in [0.5, 0.6) is 6.01 Å². The lowest BCUT2D eigenvalue weighted by molar-refractivity contribution is -0.139. The van der Waals surface area contributed by atoms with Crippen molar-refractivity contribution in [2.24, 2.45) is 0 Å². The van der Waals surface area contributed by atoms with Crippen molar-refractivity contribution < 1.29 is 44.3 Å². The van der Waals surface area contributed by atoms with Gasteiger partial charge in [-0.15, -0.1) is 0 Å². The van der Waals surface area contributed by atoms with E-state index in [1.54, 1.807) is 0 Å². The maximum absolute atomic E-state index is 16.7. The van der Waals surface area contributed by atoms with Crippen LogP contribution in [-0.4, -0.2) is 70.3 Å². The molecule has 1 atom stereocenters. The molecule has 260 valence electrons. The SMILES string of the molecule is Cc1cc(N)nc(-c2c(C(F)(F)F)cc3c(N4CCNC(C)(C=C(F)F)C4)nc(OCC45CCCN4CCC5)nc3c2F)c1C(F)(F)F. The number of halogens is 9. The van der Waals surface area contributed by atoms with Crippen LogP contribution in [0.25, 0.3) is 22.2 Å². The molecule has 3 aliphatic rings. The molecule has 3 fully saturated rings. The summed E-state index contributed by atoms with van der Waals surface area (Å²) in [5.41, 5.74) is -3.55. The molecular weight excluding hydrogens is 657 g/mol. The number of fused-ring (bicyclic) bond motifs is 2. The molecule has 17 heteroatoms. The smallest absolute Gasteiger partial charge is 0.418 e. The van der Waals surface area contributed by atoms with Crippen LogP contribution >= 0.6 is 0 Å². The van der Waals surface area contributed by atoms with Gasteiger partial charge in [-0.05, 0) is 70.3 Å². The fourth-order valence-electron chi connectivity index (χ4n) is 7.37. The number of alkyl halides is 6. The zero-order valence-corrected chi connectivity index (χ0v) is 25.9. The molecule has 5 heterocycles. The largest absolute Gasteiger partial charge is 0.461 e. The maximum Gasteiger partial charge on any atom is 0.418 e. The van der Waals surface area contributed by atoms with Gasteiger partial charge in [0.05, 0.1) is 33.5 Å². The number of nitrogen functional groups attached to an aromatic ring is 1. The van der Waals surface area contributed by atoms with Crippen LogP contribution in [-0.2, 0) is 12.4 Å². The zero-order chi connectivity index (χ0) is 34.8. The summed E-state index contributed by atoms with van der Waals surface area (Å²) in [5, 5.41) is 2.43. The van der Waals surface area contributed by atoms with Gasteiger partial charge in [-0.2, -0.15) is 45.1 Å². The van der Waals surface area contributed by atoms with E-state index in [1.165, 1.54) is 11.8 Å². The van der Waals surface area contributed by atoms with Gasteiger partial charge in [0.2, 0.25) is 0 Å². The second kappa shape index (κ2) is 11.9. The van der Waals surface area contributed by atoms with E-state index in [0.29, 0.717) is 12.1 Å². The standard InChI is InChI=1S/C31H32F9N7O/c1-16-11-20(41)43-25(22(16)31(38,39)40)21-18(30(35,36)37)12-17-24(23(21)34)44-27(48-15-29-5-3-8-47(29)9-4-6-29)45-26(17)46-10-7-42-28(2,14-46)13-19(32)33/h11-13,42H,3-10,14-15H2,1-2H3,(H2,41,43). The monoisotopic (exact) mass is 689 g/mol. The predicted molar refractivity (Wildman–Crippen MR) is 159 cm³/mol. The molecule has 0 bridgehead atoms. The van der Waals surface area contributed by atoms with E-state index in [-0.39, 0.29) is 37.6 Å². The highest BCUT2D eigenvalue weighted by Crippen LogP contribution is 2.47. The Kier molecular flexibility index (Phi) is 8.45. The average molecular weight is 690 g/mol. The van der Waals surface area contributed by atoms with E-state index >= 15 is 4.39 Å². The number of aryl methyl sites for hydroxylation is 1. The minimum Gasteiger partial charge on any atom is -0.461 e. The van der Waals surface area contributed by atoms with Gasteiger partial charge >= 0.3 is 18.4 Å². The molecule has 48 heavy (non-hydrogen) atoms. The van der Waals surface area contributed by atoms with Crippen molar-refractivity contribution in [1.82, 2.24) is 25.2 Å². The molecule has 0 amide bonds. The number of nitrogens with one attached hydrogen (secondary N) is 1. The molecule has 3 aromatic rings. The lowest BCUT2D eigenvalue weighted by Gasteiger charge is -2.40. The molecule has 1 unspecified atom stereocenters. The Labute approximate surface area is 269 Å². The number of nitrogens with two attached hydrogens (primary N) is 1. The molecule has 3 aliphatic heterocycles. The molecule has 0 spiro atoms. The fourth-order valence-corrected chi connectivity index (χ4v) is 7.37. The first-order valence-electron chi connectivity index (χ1n) is 15.3. The summed E-state index contributed by atoms with van der Waals surface area (Å²) >= 11 is 0. The molecule has 2 aromatic heterocycles. The van der Waals surface area contributed by atoms with Crippen molar-refractivity contribution >= 4 is 22.5 Å². The van der Waals surface area contributed by atoms with Crippen LogP contribution in [0.15, 0.2) is 24.3 Å². The second-order valence-electron chi connectivity index (χ2n) is 12.8. The fraction of sp³-hybridized carbons (Fsp3) is 0.516. The van der Waals surface area contributed by atoms with Crippen molar-refractivity contribution in [3.05, 3.63) is 46.8 Å². The second-order valence-corrected chi connectivity index (χ2v) is 12.8. The first-order chi connectivity index (χ1) is 22.4. The van der Waals surface area contributed by atoms with Crippen LogP contribution in [0, 0.1) is 12.7 Å². The Hall–Kier alpha value is -3.86. The van der Waals surface area contributed by atoms with Gasteiger partial charge in [0.1, 0.15) is 23.8 Å². The molecule has 0 aliphatic carbocycles. The molecular formula is C31H32F9N7O. The third kappa shape index (κ3) is 6.21. The first-order valence-corrected chi connectivity index (χ1v) is 15.3. The van der Waals surface area contributed by atoms with Crippen LogP contribution in [0.1, 0.15) is 49.3 Å². The number of nitrogens with zero attached hydrogens (tertiary/aromatic N) is 5. The Bertz CT molecular complexity index is 1760. The Morgan fingerprint density at radius 1 is 1.02 bits per heavy atom. The van der Waals surface area contributed by atoms with E-state index in [0.717, 1.165) is 51.8 Å². The normalized spacial score (nSPS) is 21.5. The van der Waals surface area contributed by atoms with Crippen LogP contribution in [0.2, 0.25) is 0 Å². The van der Waals surface area contributed by atoms with E-state index in [4.69, 9.17) is 10.5 Å². The van der Waals surface area contributed by atoms with Crippen LogP contribution in [0.3, 0.4) is 0 Å². The maximum atomic E-state index is 16.7. The number of hydrogen-bond acceptors (Lipinski definition) is 8. The zero-order valence-electron chi connectivity index (χ0n) is 25.9. The Morgan fingerprint density at radius 2 is 1.71 bits per heavy atom. The number of pyridine rings is 1. The third-order valence-electron chi connectivity index (χ3n) is 9.39. The lowest BCUT2D eigenvalue weighted by atomic mass is 9.94. The quantitative estimate of drug-likeness (QED) is 0.276. The number of aromatic nitrogens is 3. The first kappa shape index (κ1) is 34.0. The predicted octanol–water partition coefficient (Wildman–Crippen LogP) is 6.72. The van der Waals surface area contributed by atoms with Gasteiger partial charge in [0.15, 0.2) is 5.82 Å². The summed E-state index contributed by atoms with van der Waals surface area (Å²) in [6.07, 6.45) is -8.52. The summed E-state index contributed by atoms with van der Waals surface area (Å²) in [7, 11) is 0. The molecule has 0 radical (unpaired) electrons. The summed E-state index contributed by atoms with van der Waals surface area (Å²) < 4.78 is 136. The molecule has 1 aromatic carbocycles. The Balaban J connectivity index is 1.60. The highest BCUT2D eigenvalue weighted by atomic mass is 19.4. The van der Waals surface area contributed by atoms with Gasteiger partial charge in [-0.25, -0.2) is 9.37 Å². The topological polar surface area (TPSA) is 92.4 Å². The van der Waals surface area contributed by atoms with Gasteiger partial charge < -0.3 is 20.7 Å². The van der Waals surface area contributed by atoms with Crippen LogP contribution < -0.4 is 20.7 Å². The van der Waals surface area contributed by atoms with Crippen molar-refractivity contribution in [3.63, 3.8) is 0 Å². The van der Waals surface area contributed by atoms with Gasteiger partial charge in [-0.3, -0.25) is 4.90 Å². The number of piperazine rings is 1. The minimum atomic E-state index is -5.38. The average Bonchev–Trinajstić information content (AvgIpc) is 3.54. The summed E-state index contributed by atoms with van der Waals surface area (Å²) in [6, 6.07) is 0.873. The third-order valence-corrected chi connectivity index (χ3v) is 9.39. The number of anilines is 2. The molecule has 8 nitrogen and oxygen atoms in total. The number of hydrogen-bond donors (Lipinski definition) is 2. The van der Waals surface area contributed by atoms with E-state index in [2.05, 4.69) is 25.2 Å². The Morgan fingerprint density at radius 3 is 2.33 bits per heavy atom. The summed E-state index contributed by atoms with van der Waals surface area (Å²) in [5.74, 6) is -2.56. The summed E-state index contributed by atoms with van der Waals surface area (Å²) in [6.45, 7) is 4.11. The van der Waals surface area contributed by atoms with E-state index in [1.807, 2.05) is 0 Å². The van der Waals surface area contributed by atoms with Crippen molar-refractivity contribution in [2.75, 3.05) is 50.0 Å². The molecule has 3 N–H and O–H groups in total. The minimum absolute atomic E-state index is 0.0551. The molecule has 6 rings (SSSR count). The van der Waals surface area contributed by atoms with Crippen molar-refractivity contribution in [3.8, 4) is 17.3 Å². The van der Waals surface area contributed by atoms with E-state index in [9.17, 15) is 35.1 Å². The van der Waals surface area contributed by atoms with Crippen molar-refractivity contribution in [2.45, 2.75) is 63.0 Å². The molecule has 3 saturated heterocycles. The van der Waals surface area contributed by atoms with E-state index < -0.39 is 80.5 Å². The van der Waals surface area contributed by atoms with Crippen molar-refractivity contribution in [1.29, 1.82) is 0 Å². The van der Waals surface area contributed by atoms with Gasteiger partial charge in [-0.1, -0.05) is 0 Å². The number of ether oxygens (including phenoxy) is 1. The number of rotatable bonds is 6. The van der Waals surface area contributed by atoms with Gasteiger partial charge in [0.25, 0.3) is 6.08 Å². The van der Waals surface area contributed by atoms with Gasteiger partial charge in [0, 0.05) is 31.1 Å². The lowest BCUT2D eigenvalue weighted by Crippen LogP contribution is -2.58. The highest BCUT2D eigenvalue weighted by Gasteiger charge is 2.46. The highest BCUT2D eigenvalue weighted by molar-refractivity contribution is 5.95. The van der Waals surface area contributed by atoms with Crippen LogP contribution in [0.4, 0.5) is 51.1 Å². The number of benzene rings is 1. The summed E-state index contributed by atoms with van der Waals surface area (Å²) in [4.78, 5) is 15.7.